The van der Waals surface area contributed by atoms with Gasteiger partial charge in [0.1, 0.15) is 0 Å². The Morgan fingerprint density at radius 2 is 2.24 bits per heavy atom. The van der Waals surface area contributed by atoms with Crippen molar-refractivity contribution in [1.29, 1.82) is 0 Å². The summed E-state index contributed by atoms with van der Waals surface area (Å²) < 4.78 is 1.64. The third-order valence-electron chi connectivity index (χ3n) is 2.14. The van der Waals surface area contributed by atoms with Crippen LogP contribution in [0.2, 0.25) is 5.02 Å². The molecule has 0 aliphatic carbocycles. The Morgan fingerprint density at radius 1 is 1.47 bits per heavy atom. The molecule has 0 amide bonds. The van der Waals surface area contributed by atoms with Crippen LogP contribution in [0, 0.1) is 10.1 Å². The highest BCUT2D eigenvalue weighted by molar-refractivity contribution is 6.33. The van der Waals surface area contributed by atoms with E-state index in [1.807, 2.05) is 0 Å². The van der Waals surface area contributed by atoms with Crippen LogP contribution in [0.5, 0.6) is 0 Å². The van der Waals surface area contributed by atoms with Crippen molar-refractivity contribution >= 4 is 28.8 Å². The predicted molar refractivity (Wildman–Crippen MR) is 64.6 cm³/mol. The largest absolute Gasteiger partial charge is 0.338 e. The number of hydrogen-bond acceptors (Lipinski definition) is 4. The van der Waals surface area contributed by atoms with E-state index in [0.717, 1.165) is 0 Å². The Bertz CT molecular complexity index is 567. The van der Waals surface area contributed by atoms with Gasteiger partial charge in [-0.3, -0.25) is 14.8 Å². The molecule has 88 valence electrons. The molecule has 1 aromatic carbocycles. The van der Waals surface area contributed by atoms with Crippen LogP contribution in [0.3, 0.4) is 0 Å². The van der Waals surface area contributed by atoms with E-state index in [-0.39, 0.29) is 10.7 Å². The summed E-state index contributed by atoms with van der Waals surface area (Å²) in [4.78, 5) is 10.0. The molecule has 0 unspecified atom stereocenters. The van der Waals surface area contributed by atoms with Gasteiger partial charge in [0.15, 0.2) is 5.82 Å². The highest BCUT2D eigenvalue weighted by Gasteiger charge is 2.09. The van der Waals surface area contributed by atoms with Crippen LogP contribution in [0.4, 0.5) is 17.2 Å². The fraction of sp³-hybridized carbons (Fsp3) is 0.100. The van der Waals surface area contributed by atoms with E-state index in [9.17, 15) is 10.1 Å². The Kier molecular flexibility index (Phi) is 2.97. The average molecular weight is 253 g/mol. The van der Waals surface area contributed by atoms with Crippen molar-refractivity contribution in [3.63, 3.8) is 0 Å². The summed E-state index contributed by atoms with van der Waals surface area (Å²) in [6, 6.07) is 6.01. The summed E-state index contributed by atoms with van der Waals surface area (Å²) in [5, 5.41) is 17.9. The molecular formula is C10H9ClN4O2. The van der Waals surface area contributed by atoms with Gasteiger partial charge in [0, 0.05) is 31.4 Å². The van der Waals surface area contributed by atoms with Crippen LogP contribution in [0.1, 0.15) is 0 Å². The zero-order valence-corrected chi connectivity index (χ0v) is 9.68. The number of non-ortho nitro benzene ring substituents is 1. The SMILES string of the molecule is Cn1ccc(Nc2ccc([N+](=O)[O-])cc2Cl)n1. The molecule has 7 heteroatoms. The Morgan fingerprint density at radius 3 is 2.76 bits per heavy atom. The average Bonchev–Trinajstić information content (AvgIpc) is 2.67. The quantitative estimate of drug-likeness (QED) is 0.673. The lowest BCUT2D eigenvalue weighted by atomic mass is 10.3. The molecule has 0 spiro atoms. The molecule has 0 bridgehead atoms. The molecule has 1 aromatic heterocycles. The minimum absolute atomic E-state index is 0.0402. The molecule has 6 nitrogen and oxygen atoms in total. The van der Waals surface area contributed by atoms with Gasteiger partial charge < -0.3 is 5.32 Å². The number of aryl methyl sites for hydroxylation is 1. The number of halogens is 1. The molecule has 0 aliphatic rings. The smallest absolute Gasteiger partial charge is 0.271 e. The summed E-state index contributed by atoms with van der Waals surface area (Å²) in [6.45, 7) is 0. The molecule has 1 heterocycles. The molecule has 2 rings (SSSR count). The van der Waals surface area contributed by atoms with Gasteiger partial charge in [-0.05, 0) is 6.07 Å². The number of aromatic nitrogens is 2. The Hall–Kier alpha value is -2.08. The molecule has 0 radical (unpaired) electrons. The molecular weight excluding hydrogens is 244 g/mol. The molecule has 0 fully saturated rings. The first kappa shape index (κ1) is 11.4. The molecule has 0 aliphatic heterocycles. The van der Waals surface area contributed by atoms with Crippen LogP contribution in [-0.4, -0.2) is 14.7 Å². The van der Waals surface area contributed by atoms with E-state index in [1.54, 1.807) is 30.1 Å². The lowest BCUT2D eigenvalue weighted by Gasteiger charge is -2.04. The minimum atomic E-state index is -0.490. The number of hydrogen-bond donors (Lipinski definition) is 1. The number of anilines is 2. The topological polar surface area (TPSA) is 73.0 Å². The van der Waals surface area contributed by atoms with Crippen molar-refractivity contribution in [3.05, 3.63) is 45.6 Å². The molecule has 2 aromatic rings. The van der Waals surface area contributed by atoms with Crippen molar-refractivity contribution in [1.82, 2.24) is 9.78 Å². The Labute approximate surface area is 102 Å². The first-order valence-electron chi connectivity index (χ1n) is 4.77. The van der Waals surface area contributed by atoms with Gasteiger partial charge in [0.25, 0.3) is 5.69 Å². The lowest BCUT2D eigenvalue weighted by molar-refractivity contribution is -0.384. The standard InChI is InChI=1S/C10H9ClN4O2/c1-14-5-4-10(13-14)12-9-3-2-7(15(16)17)6-8(9)11/h2-6H,1H3,(H,12,13). The monoisotopic (exact) mass is 252 g/mol. The first-order chi connectivity index (χ1) is 8.06. The number of rotatable bonds is 3. The van der Waals surface area contributed by atoms with Crippen LogP contribution >= 0.6 is 11.6 Å². The Balaban J connectivity index is 2.25. The first-order valence-corrected chi connectivity index (χ1v) is 5.14. The normalized spacial score (nSPS) is 10.2. The van der Waals surface area contributed by atoms with Crippen LogP contribution < -0.4 is 5.32 Å². The van der Waals surface area contributed by atoms with Gasteiger partial charge in [-0.1, -0.05) is 11.6 Å². The van der Waals surface area contributed by atoms with Gasteiger partial charge in [-0.15, -0.1) is 0 Å². The number of nitrogens with one attached hydrogen (secondary N) is 1. The maximum Gasteiger partial charge on any atom is 0.271 e. The summed E-state index contributed by atoms with van der Waals surface area (Å²) in [6.07, 6.45) is 1.78. The predicted octanol–water partition coefficient (Wildman–Crippen LogP) is 2.73. The highest BCUT2D eigenvalue weighted by Crippen LogP contribution is 2.28. The van der Waals surface area contributed by atoms with E-state index < -0.39 is 4.92 Å². The molecule has 0 saturated carbocycles. The molecule has 0 atom stereocenters. The zero-order valence-electron chi connectivity index (χ0n) is 8.92. The second-order valence-electron chi connectivity index (χ2n) is 3.42. The third-order valence-corrected chi connectivity index (χ3v) is 2.45. The van der Waals surface area contributed by atoms with Gasteiger partial charge in [-0.25, -0.2) is 0 Å². The molecule has 0 saturated heterocycles. The summed E-state index contributed by atoms with van der Waals surface area (Å²) >= 11 is 5.93. The van der Waals surface area contributed by atoms with Crippen molar-refractivity contribution in [2.24, 2.45) is 7.05 Å². The van der Waals surface area contributed by atoms with E-state index >= 15 is 0 Å². The van der Waals surface area contributed by atoms with Gasteiger partial charge >= 0.3 is 0 Å². The van der Waals surface area contributed by atoms with Gasteiger partial charge in [0.2, 0.25) is 0 Å². The summed E-state index contributed by atoms with van der Waals surface area (Å²) in [5.74, 6) is 0.628. The fourth-order valence-electron chi connectivity index (χ4n) is 1.34. The second-order valence-corrected chi connectivity index (χ2v) is 3.83. The number of nitrogens with zero attached hydrogens (tertiary/aromatic N) is 3. The lowest BCUT2D eigenvalue weighted by Crippen LogP contribution is -1.95. The summed E-state index contributed by atoms with van der Waals surface area (Å²) in [7, 11) is 1.79. The van der Waals surface area contributed by atoms with E-state index in [4.69, 9.17) is 11.6 Å². The van der Waals surface area contributed by atoms with Crippen LogP contribution in [0.25, 0.3) is 0 Å². The van der Waals surface area contributed by atoms with E-state index in [2.05, 4.69) is 10.4 Å². The zero-order chi connectivity index (χ0) is 12.4. The van der Waals surface area contributed by atoms with Crippen LogP contribution in [-0.2, 0) is 7.05 Å². The van der Waals surface area contributed by atoms with E-state index in [1.165, 1.54) is 12.1 Å². The second kappa shape index (κ2) is 4.42. The van der Waals surface area contributed by atoms with Crippen molar-refractivity contribution < 1.29 is 4.92 Å². The van der Waals surface area contributed by atoms with Gasteiger partial charge in [0.05, 0.1) is 15.6 Å². The maximum atomic E-state index is 10.5. The number of benzene rings is 1. The summed E-state index contributed by atoms with van der Waals surface area (Å²) in [5.41, 5.74) is 0.539. The van der Waals surface area contributed by atoms with E-state index in [0.29, 0.717) is 11.5 Å². The number of nitro benzene ring substituents is 1. The van der Waals surface area contributed by atoms with Crippen LogP contribution in [0.15, 0.2) is 30.5 Å². The van der Waals surface area contributed by atoms with Crippen molar-refractivity contribution in [3.8, 4) is 0 Å². The van der Waals surface area contributed by atoms with Crippen molar-refractivity contribution in [2.45, 2.75) is 0 Å². The third kappa shape index (κ3) is 2.54. The van der Waals surface area contributed by atoms with Crippen molar-refractivity contribution in [2.75, 3.05) is 5.32 Å². The highest BCUT2D eigenvalue weighted by atomic mass is 35.5. The molecule has 17 heavy (non-hydrogen) atoms. The fourth-order valence-corrected chi connectivity index (χ4v) is 1.56. The number of nitro groups is 1. The van der Waals surface area contributed by atoms with Gasteiger partial charge in [-0.2, -0.15) is 5.10 Å². The maximum absolute atomic E-state index is 10.5. The molecule has 1 N–H and O–H groups in total. The minimum Gasteiger partial charge on any atom is -0.338 e.